The Bertz CT molecular complexity index is 150. The van der Waals surface area contributed by atoms with Crippen LogP contribution in [0.2, 0.25) is 0 Å². The van der Waals surface area contributed by atoms with Crippen LogP contribution in [-0.4, -0.2) is 37.1 Å². The van der Waals surface area contributed by atoms with Crippen molar-refractivity contribution in [3.8, 4) is 0 Å². The Labute approximate surface area is 71.5 Å². The summed E-state index contributed by atoms with van der Waals surface area (Å²) in [4.78, 5) is 22.2. The summed E-state index contributed by atoms with van der Waals surface area (Å²) in [5.41, 5.74) is 5.21. The molecular formula is C7H14N2O3. The highest BCUT2D eigenvalue weighted by Crippen LogP contribution is 1.91. The molecule has 0 heterocycles. The molecule has 2 amide bonds. The summed E-state index contributed by atoms with van der Waals surface area (Å²) in [6.07, 6.45) is 0.437. The van der Waals surface area contributed by atoms with Gasteiger partial charge in [0.05, 0.1) is 6.61 Å². The standard InChI is InChI=1S/C7H14N2O3/c1-2-12-7(11)9(6-10)5-3-4-8/h6H,2-5,8H2,1H3. The minimum absolute atomic E-state index is 0.270. The smallest absolute Gasteiger partial charge is 0.416 e. The van der Waals surface area contributed by atoms with Gasteiger partial charge in [-0.2, -0.15) is 0 Å². The normalized spacial score (nSPS) is 9.17. The number of rotatable bonds is 5. The van der Waals surface area contributed by atoms with E-state index in [2.05, 4.69) is 4.74 Å². The molecular weight excluding hydrogens is 160 g/mol. The highest BCUT2D eigenvalue weighted by molar-refractivity contribution is 5.80. The minimum Gasteiger partial charge on any atom is -0.449 e. The maximum Gasteiger partial charge on any atom is 0.416 e. The van der Waals surface area contributed by atoms with Gasteiger partial charge in [0.2, 0.25) is 6.41 Å². The molecule has 0 spiro atoms. The van der Waals surface area contributed by atoms with E-state index in [1.54, 1.807) is 6.92 Å². The summed E-state index contributed by atoms with van der Waals surface area (Å²) in [5.74, 6) is 0. The van der Waals surface area contributed by atoms with E-state index in [1.165, 1.54) is 0 Å². The van der Waals surface area contributed by atoms with E-state index in [9.17, 15) is 9.59 Å². The molecule has 0 aromatic carbocycles. The second kappa shape index (κ2) is 6.60. The third-order valence-electron chi connectivity index (χ3n) is 1.23. The van der Waals surface area contributed by atoms with E-state index in [4.69, 9.17) is 5.73 Å². The number of hydrogen-bond donors (Lipinski definition) is 1. The van der Waals surface area contributed by atoms with Crippen LogP contribution in [0.15, 0.2) is 0 Å². The maximum atomic E-state index is 10.9. The van der Waals surface area contributed by atoms with Gasteiger partial charge < -0.3 is 10.5 Å². The Kier molecular flexibility index (Phi) is 6.00. The molecule has 0 unspecified atom stereocenters. The molecule has 0 fully saturated rings. The average Bonchev–Trinajstić information content (AvgIpc) is 2.06. The first-order chi connectivity index (χ1) is 5.76. The fourth-order valence-corrected chi connectivity index (χ4v) is 0.655. The molecule has 2 N–H and O–H groups in total. The minimum atomic E-state index is -0.610. The van der Waals surface area contributed by atoms with Crippen LogP contribution in [-0.2, 0) is 9.53 Å². The number of amides is 2. The van der Waals surface area contributed by atoms with Gasteiger partial charge >= 0.3 is 6.09 Å². The number of hydrogen-bond acceptors (Lipinski definition) is 4. The van der Waals surface area contributed by atoms with Crippen molar-refractivity contribution in [2.45, 2.75) is 13.3 Å². The Balaban J connectivity index is 3.79. The molecule has 0 aromatic rings. The van der Waals surface area contributed by atoms with Crippen LogP contribution in [0.1, 0.15) is 13.3 Å². The molecule has 0 rings (SSSR count). The first-order valence-electron chi connectivity index (χ1n) is 3.85. The van der Waals surface area contributed by atoms with E-state index in [0.717, 1.165) is 4.90 Å². The van der Waals surface area contributed by atoms with E-state index in [1.807, 2.05) is 0 Å². The lowest BCUT2D eigenvalue weighted by Gasteiger charge is -2.13. The molecule has 5 nitrogen and oxygen atoms in total. The number of carbonyl (C=O) groups is 2. The van der Waals surface area contributed by atoms with E-state index < -0.39 is 6.09 Å². The summed E-state index contributed by atoms with van der Waals surface area (Å²) in [6, 6.07) is 0. The second-order valence-corrected chi connectivity index (χ2v) is 2.14. The van der Waals surface area contributed by atoms with Gasteiger partial charge in [-0.25, -0.2) is 9.69 Å². The highest BCUT2D eigenvalue weighted by atomic mass is 16.6. The van der Waals surface area contributed by atoms with Gasteiger partial charge in [0.15, 0.2) is 0 Å². The van der Waals surface area contributed by atoms with Gasteiger partial charge in [-0.15, -0.1) is 0 Å². The van der Waals surface area contributed by atoms with Crippen LogP contribution in [0.3, 0.4) is 0 Å². The summed E-state index contributed by atoms with van der Waals surface area (Å²) in [7, 11) is 0. The third-order valence-corrected chi connectivity index (χ3v) is 1.23. The van der Waals surface area contributed by atoms with Gasteiger partial charge in [-0.1, -0.05) is 0 Å². The van der Waals surface area contributed by atoms with E-state index in [-0.39, 0.29) is 6.61 Å². The number of nitrogens with two attached hydrogens (primary N) is 1. The number of imide groups is 1. The molecule has 70 valence electrons. The van der Waals surface area contributed by atoms with Crippen LogP contribution >= 0.6 is 0 Å². The predicted molar refractivity (Wildman–Crippen MR) is 43.5 cm³/mol. The molecule has 0 saturated carbocycles. The quantitative estimate of drug-likeness (QED) is 0.593. The van der Waals surface area contributed by atoms with Crippen LogP contribution < -0.4 is 5.73 Å². The van der Waals surface area contributed by atoms with Gasteiger partial charge in [-0.05, 0) is 19.9 Å². The Hall–Kier alpha value is -1.10. The van der Waals surface area contributed by atoms with Crippen molar-refractivity contribution in [1.82, 2.24) is 4.90 Å². The van der Waals surface area contributed by atoms with E-state index >= 15 is 0 Å². The molecule has 0 aliphatic heterocycles. The van der Waals surface area contributed by atoms with Crippen LogP contribution in [0.5, 0.6) is 0 Å². The zero-order chi connectivity index (χ0) is 9.40. The lowest BCUT2D eigenvalue weighted by molar-refractivity contribution is -0.116. The lowest BCUT2D eigenvalue weighted by Crippen LogP contribution is -2.32. The number of ether oxygens (including phenoxy) is 1. The van der Waals surface area contributed by atoms with Crippen molar-refractivity contribution in [2.75, 3.05) is 19.7 Å². The third kappa shape index (κ3) is 3.92. The Morgan fingerprint density at radius 2 is 2.33 bits per heavy atom. The highest BCUT2D eigenvalue weighted by Gasteiger charge is 2.11. The molecule has 0 bridgehead atoms. The molecule has 0 atom stereocenters. The van der Waals surface area contributed by atoms with Crippen molar-refractivity contribution in [3.63, 3.8) is 0 Å². The number of nitrogens with zero attached hydrogens (tertiary/aromatic N) is 1. The van der Waals surface area contributed by atoms with Crippen molar-refractivity contribution < 1.29 is 14.3 Å². The monoisotopic (exact) mass is 174 g/mol. The van der Waals surface area contributed by atoms with Crippen LogP contribution in [0.4, 0.5) is 4.79 Å². The Morgan fingerprint density at radius 3 is 2.75 bits per heavy atom. The molecule has 5 heteroatoms. The fraction of sp³-hybridized carbons (Fsp3) is 0.714. The molecule has 0 radical (unpaired) electrons. The van der Waals surface area contributed by atoms with Crippen molar-refractivity contribution in [3.05, 3.63) is 0 Å². The van der Waals surface area contributed by atoms with Crippen LogP contribution in [0.25, 0.3) is 0 Å². The van der Waals surface area contributed by atoms with Crippen molar-refractivity contribution in [1.29, 1.82) is 0 Å². The molecule has 0 aromatic heterocycles. The van der Waals surface area contributed by atoms with Crippen LogP contribution in [0, 0.1) is 0 Å². The van der Waals surface area contributed by atoms with Gasteiger partial charge in [0, 0.05) is 6.54 Å². The number of carbonyl (C=O) groups excluding carboxylic acids is 2. The lowest BCUT2D eigenvalue weighted by atomic mass is 10.4. The molecule has 0 saturated heterocycles. The Morgan fingerprint density at radius 1 is 1.67 bits per heavy atom. The summed E-state index contributed by atoms with van der Waals surface area (Å²) >= 11 is 0. The van der Waals surface area contributed by atoms with E-state index in [0.29, 0.717) is 25.9 Å². The topological polar surface area (TPSA) is 72.6 Å². The predicted octanol–water partition coefficient (Wildman–Crippen LogP) is -0.0499. The first-order valence-corrected chi connectivity index (χ1v) is 3.85. The second-order valence-electron chi connectivity index (χ2n) is 2.14. The van der Waals surface area contributed by atoms with Crippen molar-refractivity contribution >= 4 is 12.5 Å². The molecule has 0 aliphatic rings. The van der Waals surface area contributed by atoms with Gasteiger partial charge in [0.25, 0.3) is 0 Å². The summed E-state index contributed by atoms with van der Waals surface area (Å²) in [5, 5.41) is 0. The maximum absolute atomic E-state index is 10.9. The SMILES string of the molecule is CCOC(=O)N(C=O)CCCN. The zero-order valence-corrected chi connectivity index (χ0v) is 7.16. The fourth-order valence-electron chi connectivity index (χ4n) is 0.655. The van der Waals surface area contributed by atoms with Gasteiger partial charge in [-0.3, -0.25) is 4.79 Å². The summed E-state index contributed by atoms with van der Waals surface area (Å²) in [6.45, 7) is 2.72. The van der Waals surface area contributed by atoms with Crippen molar-refractivity contribution in [2.24, 2.45) is 5.73 Å². The average molecular weight is 174 g/mol. The molecule has 0 aliphatic carbocycles. The summed E-state index contributed by atoms with van der Waals surface area (Å²) < 4.78 is 4.61. The largest absolute Gasteiger partial charge is 0.449 e. The van der Waals surface area contributed by atoms with Gasteiger partial charge in [0.1, 0.15) is 0 Å². The zero-order valence-electron chi connectivity index (χ0n) is 7.16. The first kappa shape index (κ1) is 10.9. The molecule has 12 heavy (non-hydrogen) atoms.